The van der Waals surface area contributed by atoms with Crippen LogP contribution in [0.15, 0.2) is 17.0 Å². The first-order valence-electron chi connectivity index (χ1n) is 6.00. The van der Waals surface area contributed by atoms with E-state index in [9.17, 15) is 8.42 Å². The Bertz CT molecular complexity index is 565. The van der Waals surface area contributed by atoms with Gasteiger partial charge in [-0.2, -0.15) is 0 Å². The Balaban J connectivity index is 3.08. The Morgan fingerprint density at radius 1 is 1.32 bits per heavy atom. The van der Waals surface area contributed by atoms with Crippen LogP contribution >= 0.6 is 0 Å². The van der Waals surface area contributed by atoms with E-state index in [1.54, 1.807) is 26.2 Å². The lowest BCUT2D eigenvalue weighted by Gasteiger charge is -2.23. The molecule has 19 heavy (non-hydrogen) atoms. The smallest absolute Gasteiger partial charge is 0.241 e. The first-order valence-corrected chi connectivity index (χ1v) is 7.49. The molecule has 0 unspecified atom stereocenters. The summed E-state index contributed by atoms with van der Waals surface area (Å²) in [5.41, 5.74) is 7.11. The van der Waals surface area contributed by atoms with E-state index in [0.717, 1.165) is 5.56 Å². The molecule has 0 heterocycles. The van der Waals surface area contributed by atoms with Crippen molar-refractivity contribution >= 4 is 15.7 Å². The largest absolute Gasteiger partial charge is 0.398 e. The van der Waals surface area contributed by atoms with Gasteiger partial charge in [0.2, 0.25) is 10.0 Å². The van der Waals surface area contributed by atoms with Gasteiger partial charge in [-0.1, -0.05) is 0 Å². The Hall–Kier alpha value is -1.11. The summed E-state index contributed by atoms with van der Waals surface area (Å²) in [5, 5.41) is 0. The quantitative estimate of drug-likeness (QED) is 0.805. The lowest BCUT2D eigenvalue weighted by Crippen LogP contribution is -2.39. The molecule has 0 aliphatic carbocycles. The van der Waals surface area contributed by atoms with Gasteiger partial charge in [0.1, 0.15) is 0 Å². The van der Waals surface area contributed by atoms with E-state index in [0.29, 0.717) is 11.3 Å². The molecule has 0 spiro atoms. The fraction of sp³-hybridized carbons (Fsp3) is 0.538. The summed E-state index contributed by atoms with van der Waals surface area (Å²) in [7, 11) is -2.04. The van der Waals surface area contributed by atoms with Gasteiger partial charge in [-0.3, -0.25) is 0 Å². The van der Waals surface area contributed by atoms with Crippen molar-refractivity contribution in [2.24, 2.45) is 0 Å². The lowest BCUT2D eigenvalue weighted by atomic mass is 10.1. The molecule has 0 saturated carbocycles. The van der Waals surface area contributed by atoms with Gasteiger partial charge in [-0.05, 0) is 51.0 Å². The molecule has 108 valence electrons. The molecule has 1 aromatic rings. The lowest BCUT2D eigenvalue weighted by molar-refractivity contribution is 0.0276. The maximum atomic E-state index is 12.3. The van der Waals surface area contributed by atoms with Gasteiger partial charge >= 0.3 is 0 Å². The minimum atomic E-state index is -3.59. The van der Waals surface area contributed by atoms with Crippen LogP contribution in [0.4, 0.5) is 5.69 Å². The topological polar surface area (TPSA) is 81.4 Å². The second-order valence-corrected chi connectivity index (χ2v) is 7.00. The second kappa shape index (κ2) is 5.48. The number of hydrogen-bond acceptors (Lipinski definition) is 4. The number of sulfonamides is 1. The molecule has 0 fully saturated rings. The summed E-state index contributed by atoms with van der Waals surface area (Å²) in [6.45, 7) is 7.33. The number of rotatable bonds is 5. The van der Waals surface area contributed by atoms with Gasteiger partial charge in [0.05, 0.1) is 10.5 Å². The van der Waals surface area contributed by atoms with Gasteiger partial charge in [0, 0.05) is 19.3 Å². The highest BCUT2D eigenvalue weighted by atomic mass is 32.2. The number of methoxy groups -OCH3 is 1. The SMILES string of the molecule is COC(C)(C)CNS(=O)(=O)c1cc(C)cc(N)c1C. The van der Waals surface area contributed by atoms with Crippen molar-refractivity contribution in [3.63, 3.8) is 0 Å². The molecule has 3 N–H and O–H groups in total. The fourth-order valence-corrected chi connectivity index (χ4v) is 3.11. The van der Waals surface area contributed by atoms with Crippen molar-refractivity contribution < 1.29 is 13.2 Å². The Morgan fingerprint density at radius 2 is 1.89 bits per heavy atom. The zero-order chi connectivity index (χ0) is 14.8. The van der Waals surface area contributed by atoms with Gasteiger partial charge in [0.25, 0.3) is 0 Å². The maximum Gasteiger partial charge on any atom is 0.241 e. The molecule has 0 bridgehead atoms. The van der Waals surface area contributed by atoms with E-state index in [-0.39, 0.29) is 11.4 Å². The number of benzene rings is 1. The van der Waals surface area contributed by atoms with Gasteiger partial charge < -0.3 is 10.5 Å². The molecule has 1 rings (SSSR count). The highest BCUT2D eigenvalue weighted by Gasteiger charge is 2.23. The van der Waals surface area contributed by atoms with Crippen LogP contribution < -0.4 is 10.5 Å². The molecule has 6 heteroatoms. The number of aryl methyl sites for hydroxylation is 1. The van der Waals surface area contributed by atoms with Crippen LogP contribution in [0.5, 0.6) is 0 Å². The molecule has 0 radical (unpaired) electrons. The normalized spacial score (nSPS) is 12.7. The zero-order valence-corrected chi connectivity index (χ0v) is 12.9. The first kappa shape index (κ1) is 15.9. The van der Waals surface area contributed by atoms with Crippen molar-refractivity contribution in [2.75, 3.05) is 19.4 Å². The minimum absolute atomic E-state index is 0.194. The zero-order valence-electron chi connectivity index (χ0n) is 12.1. The third kappa shape index (κ3) is 3.92. The highest BCUT2D eigenvalue weighted by Crippen LogP contribution is 2.23. The van der Waals surface area contributed by atoms with Crippen LogP contribution in [-0.2, 0) is 14.8 Å². The standard InChI is InChI=1S/C13H22N2O3S/c1-9-6-11(14)10(2)12(7-9)19(16,17)15-8-13(3,4)18-5/h6-7,15H,8,14H2,1-5H3. The monoisotopic (exact) mass is 286 g/mol. The number of nitrogens with two attached hydrogens (primary N) is 1. The summed E-state index contributed by atoms with van der Waals surface area (Å²) >= 11 is 0. The molecule has 0 amide bonds. The maximum absolute atomic E-state index is 12.3. The van der Waals surface area contributed by atoms with E-state index in [1.807, 2.05) is 20.8 Å². The van der Waals surface area contributed by atoms with E-state index >= 15 is 0 Å². The highest BCUT2D eigenvalue weighted by molar-refractivity contribution is 7.89. The molecule has 0 aliphatic rings. The number of nitrogen functional groups attached to an aromatic ring is 1. The molecule has 1 aromatic carbocycles. The van der Waals surface area contributed by atoms with Crippen LogP contribution in [0.25, 0.3) is 0 Å². The molecule has 0 aliphatic heterocycles. The van der Waals surface area contributed by atoms with Crippen molar-refractivity contribution in [3.05, 3.63) is 23.3 Å². The summed E-state index contributed by atoms with van der Waals surface area (Å²) < 4.78 is 32.3. The van der Waals surface area contributed by atoms with E-state index in [4.69, 9.17) is 10.5 Å². The Morgan fingerprint density at radius 3 is 2.42 bits per heavy atom. The molecule has 0 atom stereocenters. The molecular weight excluding hydrogens is 264 g/mol. The minimum Gasteiger partial charge on any atom is -0.398 e. The van der Waals surface area contributed by atoms with Crippen molar-refractivity contribution in [1.82, 2.24) is 4.72 Å². The van der Waals surface area contributed by atoms with Gasteiger partial charge in [-0.15, -0.1) is 0 Å². The average molecular weight is 286 g/mol. The molecule has 0 aromatic heterocycles. The summed E-state index contributed by atoms with van der Waals surface area (Å²) in [5.74, 6) is 0. The Kier molecular flexibility index (Phi) is 4.60. The third-order valence-electron chi connectivity index (χ3n) is 3.07. The van der Waals surface area contributed by atoms with Crippen LogP contribution in [0.3, 0.4) is 0 Å². The van der Waals surface area contributed by atoms with Crippen LogP contribution in [-0.4, -0.2) is 27.7 Å². The van der Waals surface area contributed by atoms with E-state index in [1.165, 1.54) is 0 Å². The molecule has 0 saturated heterocycles. The van der Waals surface area contributed by atoms with Crippen LogP contribution in [0.2, 0.25) is 0 Å². The number of anilines is 1. The van der Waals surface area contributed by atoms with Crippen LogP contribution in [0, 0.1) is 13.8 Å². The summed E-state index contributed by atoms with van der Waals surface area (Å²) in [6.07, 6.45) is 0. The van der Waals surface area contributed by atoms with Crippen LogP contribution in [0.1, 0.15) is 25.0 Å². The van der Waals surface area contributed by atoms with Crippen molar-refractivity contribution in [2.45, 2.75) is 38.2 Å². The number of nitrogens with one attached hydrogen (secondary N) is 1. The molecular formula is C13H22N2O3S. The number of ether oxygens (including phenoxy) is 1. The number of hydrogen-bond donors (Lipinski definition) is 2. The fourth-order valence-electron chi connectivity index (χ4n) is 1.55. The summed E-state index contributed by atoms with van der Waals surface area (Å²) in [4.78, 5) is 0.219. The van der Waals surface area contributed by atoms with Crippen molar-refractivity contribution in [3.8, 4) is 0 Å². The predicted molar refractivity (Wildman–Crippen MR) is 76.6 cm³/mol. The average Bonchev–Trinajstić information content (AvgIpc) is 2.31. The predicted octanol–water partition coefficient (Wildman–Crippen LogP) is 1.59. The van der Waals surface area contributed by atoms with Gasteiger partial charge in [0.15, 0.2) is 0 Å². The van der Waals surface area contributed by atoms with E-state index < -0.39 is 15.6 Å². The van der Waals surface area contributed by atoms with Gasteiger partial charge in [-0.25, -0.2) is 13.1 Å². The van der Waals surface area contributed by atoms with Crippen molar-refractivity contribution in [1.29, 1.82) is 0 Å². The second-order valence-electron chi connectivity index (χ2n) is 5.27. The Labute approximate surface area is 115 Å². The van der Waals surface area contributed by atoms with E-state index in [2.05, 4.69) is 4.72 Å². The third-order valence-corrected chi connectivity index (χ3v) is 4.60. The summed E-state index contributed by atoms with van der Waals surface area (Å²) in [6, 6.07) is 3.38. The molecule has 5 nitrogen and oxygen atoms in total. The first-order chi connectivity index (χ1) is 8.59.